The number of fused-ring (bicyclic) bond motifs is 1. The molecule has 1 aromatic rings. The van der Waals surface area contributed by atoms with Crippen molar-refractivity contribution in [2.24, 2.45) is 11.7 Å². The predicted octanol–water partition coefficient (Wildman–Crippen LogP) is 1.23. The third kappa shape index (κ3) is 1.14. The van der Waals surface area contributed by atoms with Gasteiger partial charge in [0.1, 0.15) is 5.82 Å². The molecule has 0 fully saturated rings. The van der Waals surface area contributed by atoms with Crippen molar-refractivity contribution in [2.45, 2.75) is 32.9 Å². The second-order valence-electron chi connectivity index (χ2n) is 3.84. The molecule has 0 aliphatic carbocycles. The molecule has 1 aliphatic rings. The van der Waals surface area contributed by atoms with E-state index in [0.717, 1.165) is 24.5 Å². The third-order valence-corrected chi connectivity index (χ3v) is 2.42. The van der Waals surface area contributed by atoms with E-state index in [1.165, 1.54) is 0 Å². The highest BCUT2D eigenvalue weighted by molar-refractivity contribution is 5.08. The number of nitrogens with two attached hydrogens (primary N) is 1. The van der Waals surface area contributed by atoms with Crippen LogP contribution in [0.5, 0.6) is 0 Å². The summed E-state index contributed by atoms with van der Waals surface area (Å²) in [5.74, 6) is 1.74. The van der Waals surface area contributed by atoms with Crippen molar-refractivity contribution in [3.63, 3.8) is 0 Å². The monoisotopic (exact) mass is 165 g/mol. The lowest BCUT2D eigenvalue weighted by molar-refractivity contribution is 0.346. The van der Waals surface area contributed by atoms with Crippen LogP contribution >= 0.6 is 0 Å². The Morgan fingerprint density at radius 2 is 2.42 bits per heavy atom. The highest BCUT2D eigenvalue weighted by Gasteiger charge is 2.22. The standard InChI is InChI=1S/C9H15N3/c1-6-3-8(10)9-11-7(2)5-12(9)4-6/h5-6,8H,3-4,10H2,1-2H3. The van der Waals surface area contributed by atoms with E-state index in [4.69, 9.17) is 5.73 Å². The molecule has 0 aromatic carbocycles. The van der Waals surface area contributed by atoms with Crippen molar-refractivity contribution in [1.82, 2.24) is 9.55 Å². The Bertz CT molecular complexity index is 290. The normalized spacial score (nSPS) is 28.6. The maximum absolute atomic E-state index is 5.97. The second kappa shape index (κ2) is 2.59. The summed E-state index contributed by atoms with van der Waals surface area (Å²) in [6.07, 6.45) is 3.15. The fourth-order valence-electron chi connectivity index (χ4n) is 1.96. The fourth-order valence-corrected chi connectivity index (χ4v) is 1.96. The zero-order valence-corrected chi connectivity index (χ0v) is 7.62. The molecule has 2 unspecified atom stereocenters. The Balaban J connectivity index is 2.40. The number of rotatable bonds is 0. The molecule has 0 radical (unpaired) electrons. The topological polar surface area (TPSA) is 43.8 Å². The highest BCUT2D eigenvalue weighted by atomic mass is 15.1. The van der Waals surface area contributed by atoms with Gasteiger partial charge in [-0.3, -0.25) is 0 Å². The van der Waals surface area contributed by atoms with Crippen LogP contribution in [0.2, 0.25) is 0 Å². The van der Waals surface area contributed by atoms with Crippen LogP contribution in [0.3, 0.4) is 0 Å². The molecule has 0 spiro atoms. The van der Waals surface area contributed by atoms with Gasteiger partial charge in [-0.1, -0.05) is 6.92 Å². The zero-order chi connectivity index (χ0) is 8.72. The first-order valence-corrected chi connectivity index (χ1v) is 4.46. The molecule has 66 valence electrons. The van der Waals surface area contributed by atoms with Crippen molar-refractivity contribution < 1.29 is 0 Å². The van der Waals surface area contributed by atoms with Crippen molar-refractivity contribution in [1.29, 1.82) is 0 Å². The molecule has 2 atom stereocenters. The molecule has 0 bridgehead atoms. The van der Waals surface area contributed by atoms with Crippen LogP contribution in [0.4, 0.5) is 0 Å². The number of hydrogen-bond acceptors (Lipinski definition) is 2. The molecule has 3 nitrogen and oxygen atoms in total. The fraction of sp³-hybridized carbons (Fsp3) is 0.667. The molecule has 12 heavy (non-hydrogen) atoms. The minimum atomic E-state index is 0.141. The lowest BCUT2D eigenvalue weighted by Gasteiger charge is -2.25. The van der Waals surface area contributed by atoms with Gasteiger partial charge in [0.2, 0.25) is 0 Å². The van der Waals surface area contributed by atoms with Gasteiger partial charge >= 0.3 is 0 Å². The minimum absolute atomic E-state index is 0.141. The first kappa shape index (κ1) is 7.80. The van der Waals surface area contributed by atoms with E-state index in [-0.39, 0.29) is 6.04 Å². The van der Waals surface area contributed by atoms with Gasteiger partial charge in [0.15, 0.2) is 0 Å². The van der Waals surface area contributed by atoms with Crippen molar-refractivity contribution in [2.75, 3.05) is 0 Å². The highest BCUT2D eigenvalue weighted by Crippen LogP contribution is 2.25. The number of aromatic nitrogens is 2. The quantitative estimate of drug-likeness (QED) is 0.628. The van der Waals surface area contributed by atoms with Gasteiger partial charge in [-0.05, 0) is 19.3 Å². The largest absolute Gasteiger partial charge is 0.333 e. The first-order chi connectivity index (χ1) is 5.66. The molecule has 2 N–H and O–H groups in total. The van der Waals surface area contributed by atoms with Crippen LogP contribution in [0, 0.1) is 12.8 Å². The summed E-state index contributed by atoms with van der Waals surface area (Å²) in [5, 5.41) is 0. The predicted molar refractivity (Wildman–Crippen MR) is 47.7 cm³/mol. The summed E-state index contributed by atoms with van der Waals surface area (Å²) in [5.41, 5.74) is 7.05. The van der Waals surface area contributed by atoms with E-state index in [1.54, 1.807) is 0 Å². The van der Waals surface area contributed by atoms with Gasteiger partial charge in [-0.2, -0.15) is 0 Å². The van der Waals surface area contributed by atoms with E-state index >= 15 is 0 Å². The summed E-state index contributed by atoms with van der Waals surface area (Å²) < 4.78 is 2.19. The molecule has 1 aromatic heterocycles. The average Bonchev–Trinajstić information content (AvgIpc) is 2.29. The van der Waals surface area contributed by atoms with Gasteiger partial charge in [0.05, 0.1) is 11.7 Å². The van der Waals surface area contributed by atoms with Gasteiger partial charge in [0.25, 0.3) is 0 Å². The summed E-state index contributed by atoms with van der Waals surface area (Å²) in [6.45, 7) is 5.32. The van der Waals surface area contributed by atoms with Crippen molar-refractivity contribution in [3.8, 4) is 0 Å². The minimum Gasteiger partial charge on any atom is -0.333 e. The van der Waals surface area contributed by atoms with Gasteiger partial charge in [-0.15, -0.1) is 0 Å². The molecule has 0 saturated carbocycles. The number of imidazole rings is 1. The lowest BCUT2D eigenvalue weighted by Crippen LogP contribution is -2.26. The SMILES string of the molecule is Cc1cn2c(n1)C(N)CC(C)C2. The number of aryl methyl sites for hydroxylation is 1. The van der Waals surface area contributed by atoms with Gasteiger partial charge in [-0.25, -0.2) is 4.98 Å². The summed E-state index contributed by atoms with van der Waals surface area (Å²) in [7, 11) is 0. The van der Waals surface area contributed by atoms with Crippen LogP contribution in [0.25, 0.3) is 0 Å². The maximum Gasteiger partial charge on any atom is 0.125 e. The van der Waals surface area contributed by atoms with E-state index in [1.807, 2.05) is 6.92 Å². The molecule has 0 amide bonds. The average molecular weight is 165 g/mol. The van der Waals surface area contributed by atoms with E-state index in [2.05, 4.69) is 22.7 Å². The maximum atomic E-state index is 5.97. The van der Waals surface area contributed by atoms with Crippen LogP contribution in [-0.2, 0) is 6.54 Å². The van der Waals surface area contributed by atoms with Gasteiger partial charge in [0, 0.05) is 12.7 Å². The number of hydrogen-bond donors (Lipinski definition) is 1. The van der Waals surface area contributed by atoms with Gasteiger partial charge < -0.3 is 10.3 Å². The number of nitrogens with zero attached hydrogens (tertiary/aromatic N) is 2. The van der Waals surface area contributed by atoms with E-state index in [9.17, 15) is 0 Å². The Morgan fingerprint density at radius 1 is 1.67 bits per heavy atom. The summed E-state index contributed by atoms with van der Waals surface area (Å²) in [4.78, 5) is 4.40. The molecule has 0 saturated heterocycles. The smallest absolute Gasteiger partial charge is 0.125 e. The van der Waals surface area contributed by atoms with E-state index in [0.29, 0.717) is 5.92 Å². The van der Waals surface area contributed by atoms with E-state index < -0.39 is 0 Å². The summed E-state index contributed by atoms with van der Waals surface area (Å²) in [6, 6.07) is 0.141. The Labute approximate surface area is 72.6 Å². The second-order valence-corrected chi connectivity index (χ2v) is 3.84. The van der Waals surface area contributed by atoms with Crippen LogP contribution in [0.15, 0.2) is 6.20 Å². The molecule has 3 heteroatoms. The summed E-state index contributed by atoms with van der Waals surface area (Å²) >= 11 is 0. The third-order valence-electron chi connectivity index (χ3n) is 2.42. The Hall–Kier alpha value is -0.830. The zero-order valence-electron chi connectivity index (χ0n) is 7.62. The van der Waals surface area contributed by atoms with Crippen LogP contribution < -0.4 is 5.73 Å². The lowest BCUT2D eigenvalue weighted by atomic mass is 9.98. The van der Waals surface area contributed by atoms with Crippen molar-refractivity contribution >= 4 is 0 Å². The molecule has 2 rings (SSSR count). The molecular formula is C9H15N3. The molecule has 1 aliphatic heterocycles. The van der Waals surface area contributed by atoms with Crippen molar-refractivity contribution in [3.05, 3.63) is 17.7 Å². The molecule has 2 heterocycles. The Kier molecular flexibility index (Phi) is 1.68. The Morgan fingerprint density at radius 3 is 3.17 bits per heavy atom. The van der Waals surface area contributed by atoms with Crippen LogP contribution in [0.1, 0.15) is 30.9 Å². The first-order valence-electron chi connectivity index (χ1n) is 4.46. The van der Waals surface area contributed by atoms with Crippen LogP contribution in [-0.4, -0.2) is 9.55 Å². The molecular weight excluding hydrogens is 150 g/mol.